The van der Waals surface area contributed by atoms with Gasteiger partial charge in [0.05, 0.1) is 0 Å². The Kier molecular flexibility index (Phi) is 3.45. The molecule has 0 saturated heterocycles. The molecule has 2 aromatic rings. The van der Waals surface area contributed by atoms with Gasteiger partial charge >= 0.3 is 0 Å². The third-order valence-electron chi connectivity index (χ3n) is 4.09. The number of hydrogen-bond acceptors (Lipinski definition) is 3. The number of nitrogens with two attached hydrogens (primary N) is 1. The average Bonchev–Trinajstić information content (AvgIpc) is 2.48. The van der Waals surface area contributed by atoms with E-state index in [1.807, 2.05) is 6.20 Å². The van der Waals surface area contributed by atoms with Crippen molar-refractivity contribution in [2.24, 2.45) is 5.73 Å². The van der Waals surface area contributed by atoms with Crippen LogP contribution in [0.15, 0.2) is 36.5 Å². The van der Waals surface area contributed by atoms with E-state index in [2.05, 4.69) is 54.1 Å². The minimum atomic E-state index is 0.472. The molecule has 2 N–H and O–H groups in total. The van der Waals surface area contributed by atoms with Gasteiger partial charge in [0.15, 0.2) is 0 Å². The van der Waals surface area contributed by atoms with Crippen LogP contribution < -0.4 is 10.6 Å². The van der Waals surface area contributed by atoms with Crippen LogP contribution in [0.1, 0.15) is 30.0 Å². The van der Waals surface area contributed by atoms with Crippen molar-refractivity contribution >= 4 is 11.5 Å². The van der Waals surface area contributed by atoms with Crippen molar-refractivity contribution in [3.63, 3.8) is 0 Å². The molecular weight excluding hydrogens is 246 g/mol. The maximum atomic E-state index is 5.70. The molecule has 3 heteroatoms. The van der Waals surface area contributed by atoms with Crippen LogP contribution >= 0.6 is 0 Å². The third-order valence-corrected chi connectivity index (χ3v) is 4.09. The minimum Gasteiger partial charge on any atom is -0.326 e. The molecule has 0 saturated carbocycles. The van der Waals surface area contributed by atoms with Gasteiger partial charge in [0.25, 0.3) is 0 Å². The molecule has 1 aromatic heterocycles. The van der Waals surface area contributed by atoms with Gasteiger partial charge in [0.1, 0.15) is 5.82 Å². The fourth-order valence-electron chi connectivity index (χ4n) is 3.00. The fourth-order valence-corrected chi connectivity index (χ4v) is 3.00. The topological polar surface area (TPSA) is 42.1 Å². The lowest BCUT2D eigenvalue weighted by molar-refractivity contribution is 0.612. The number of aryl methyl sites for hydroxylation is 2. The van der Waals surface area contributed by atoms with E-state index in [1.165, 1.54) is 16.8 Å². The molecular formula is C17H21N3. The van der Waals surface area contributed by atoms with E-state index in [9.17, 15) is 0 Å². The maximum absolute atomic E-state index is 5.70. The number of rotatable bonds is 2. The fraction of sp³-hybridized carbons (Fsp3) is 0.353. The highest BCUT2D eigenvalue weighted by molar-refractivity contribution is 5.68. The highest BCUT2D eigenvalue weighted by atomic mass is 15.2. The Morgan fingerprint density at radius 1 is 1.35 bits per heavy atom. The van der Waals surface area contributed by atoms with E-state index in [0.29, 0.717) is 12.6 Å². The Hall–Kier alpha value is -1.87. The SMILES string of the molecule is Cc1cc(CN)cnc1N1c2ccccc2CCC1C. The maximum Gasteiger partial charge on any atom is 0.136 e. The van der Waals surface area contributed by atoms with Crippen LogP contribution in [-0.2, 0) is 13.0 Å². The van der Waals surface area contributed by atoms with Gasteiger partial charge < -0.3 is 10.6 Å². The zero-order chi connectivity index (χ0) is 14.1. The van der Waals surface area contributed by atoms with Gasteiger partial charge in [-0.15, -0.1) is 0 Å². The highest BCUT2D eigenvalue weighted by Crippen LogP contribution is 2.37. The van der Waals surface area contributed by atoms with Crippen molar-refractivity contribution in [1.29, 1.82) is 0 Å². The summed E-state index contributed by atoms with van der Waals surface area (Å²) >= 11 is 0. The largest absolute Gasteiger partial charge is 0.326 e. The summed E-state index contributed by atoms with van der Waals surface area (Å²) < 4.78 is 0. The van der Waals surface area contributed by atoms with Crippen LogP contribution in [-0.4, -0.2) is 11.0 Å². The summed E-state index contributed by atoms with van der Waals surface area (Å²) in [6.07, 6.45) is 4.21. The Morgan fingerprint density at radius 2 is 2.15 bits per heavy atom. The minimum absolute atomic E-state index is 0.472. The smallest absolute Gasteiger partial charge is 0.136 e. The van der Waals surface area contributed by atoms with Crippen LogP contribution in [0.3, 0.4) is 0 Å². The summed E-state index contributed by atoms with van der Waals surface area (Å²) in [5.74, 6) is 1.06. The second-order valence-corrected chi connectivity index (χ2v) is 5.57. The normalized spacial score (nSPS) is 17.9. The summed E-state index contributed by atoms with van der Waals surface area (Å²) in [7, 11) is 0. The number of aromatic nitrogens is 1. The van der Waals surface area contributed by atoms with Crippen molar-refractivity contribution in [3.05, 3.63) is 53.2 Å². The Morgan fingerprint density at radius 3 is 2.90 bits per heavy atom. The van der Waals surface area contributed by atoms with Gasteiger partial charge in [-0.25, -0.2) is 4.98 Å². The first-order valence-corrected chi connectivity index (χ1v) is 7.23. The molecule has 3 rings (SSSR count). The second-order valence-electron chi connectivity index (χ2n) is 5.57. The van der Waals surface area contributed by atoms with Crippen LogP contribution in [0.4, 0.5) is 11.5 Å². The molecule has 20 heavy (non-hydrogen) atoms. The quantitative estimate of drug-likeness (QED) is 0.907. The highest BCUT2D eigenvalue weighted by Gasteiger charge is 2.25. The number of benzene rings is 1. The number of pyridine rings is 1. The molecule has 2 heterocycles. The predicted octanol–water partition coefficient (Wildman–Crippen LogP) is 3.32. The van der Waals surface area contributed by atoms with Crippen LogP contribution in [0, 0.1) is 6.92 Å². The molecule has 1 aromatic carbocycles. The number of anilines is 2. The number of nitrogens with zero attached hydrogens (tertiary/aromatic N) is 2. The van der Waals surface area contributed by atoms with Crippen molar-refractivity contribution in [3.8, 4) is 0 Å². The molecule has 0 radical (unpaired) electrons. The van der Waals surface area contributed by atoms with Crippen molar-refractivity contribution in [2.45, 2.75) is 39.3 Å². The van der Waals surface area contributed by atoms with Crippen molar-refractivity contribution in [2.75, 3.05) is 4.90 Å². The van der Waals surface area contributed by atoms with E-state index in [0.717, 1.165) is 24.2 Å². The molecule has 1 aliphatic rings. The van der Waals surface area contributed by atoms with Gasteiger partial charge in [-0.3, -0.25) is 0 Å². The summed E-state index contributed by atoms with van der Waals surface area (Å²) in [6, 6.07) is 11.3. The molecule has 1 atom stereocenters. The summed E-state index contributed by atoms with van der Waals surface area (Å²) in [5.41, 5.74) is 10.7. The second kappa shape index (κ2) is 5.25. The Bertz CT molecular complexity index is 621. The number of para-hydroxylation sites is 1. The molecule has 104 valence electrons. The Labute approximate surface area is 120 Å². The molecule has 1 unspecified atom stereocenters. The zero-order valence-electron chi connectivity index (χ0n) is 12.1. The first-order valence-electron chi connectivity index (χ1n) is 7.23. The van der Waals surface area contributed by atoms with Crippen molar-refractivity contribution < 1.29 is 0 Å². The third kappa shape index (κ3) is 2.18. The van der Waals surface area contributed by atoms with Crippen LogP contribution in [0.5, 0.6) is 0 Å². The summed E-state index contributed by atoms with van der Waals surface area (Å²) in [4.78, 5) is 7.04. The molecule has 0 aliphatic carbocycles. The predicted molar refractivity (Wildman–Crippen MR) is 83.2 cm³/mol. The first kappa shape index (κ1) is 13.1. The van der Waals surface area contributed by atoms with Crippen LogP contribution in [0.2, 0.25) is 0 Å². The van der Waals surface area contributed by atoms with E-state index >= 15 is 0 Å². The lowest BCUT2D eigenvalue weighted by Crippen LogP contribution is -2.34. The average molecular weight is 267 g/mol. The molecule has 1 aliphatic heterocycles. The van der Waals surface area contributed by atoms with Gasteiger partial charge in [-0.1, -0.05) is 18.2 Å². The standard InChI is InChI=1S/C17H21N3/c1-12-9-14(10-18)11-19-17(12)20-13(2)7-8-15-5-3-4-6-16(15)20/h3-6,9,11,13H,7-8,10,18H2,1-2H3. The number of hydrogen-bond donors (Lipinski definition) is 1. The molecule has 3 nitrogen and oxygen atoms in total. The van der Waals surface area contributed by atoms with Crippen molar-refractivity contribution in [1.82, 2.24) is 4.98 Å². The summed E-state index contributed by atoms with van der Waals surface area (Å²) in [6.45, 7) is 4.93. The molecule has 0 amide bonds. The number of fused-ring (bicyclic) bond motifs is 1. The van der Waals surface area contributed by atoms with Gasteiger partial charge in [0, 0.05) is 24.5 Å². The van der Waals surface area contributed by atoms with Gasteiger partial charge in [0.2, 0.25) is 0 Å². The summed E-state index contributed by atoms with van der Waals surface area (Å²) in [5, 5.41) is 0. The van der Waals surface area contributed by atoms with Gasteiger partial charge in [-0.2, -0.15) is 0 Å². The van der Waals surface area contributed by atoms with Crippen LogP contribution in [0.25, 0.3) is 0 Å². The molecule has 0 bridgehead atoms. The van der Waals surface area contributed by atoms with E-state index in [1.54, 1.807) is 0 Å². The van der Waals surface area contributed by atoms with E-state index in [-0.39, 0.29) is 0 Å². The Balaban J connectivity index is 2.09. The monoisotopic (exact) mass is 267 g/mol. The van der Waals surface area contributed by atoms with E-state index in [4.69, 9.17) is 5.73 Å². The molecule has 0 fully saturated rings. The van der Waals surface area contributed by atoms with E-state index < -0.39 is 0 Å². The molecule has 0 spiro atoms. The lowest BCUT2D eigenvalue weighted by Gasteiger charge is -2.37. The lowest BCUT2D eigenvalue weighted by atomic mass is 9.96. The first-order chi connectivity index (χ1) is 9.70. The van der Waals surface area contributed by atoms with Gasteiger partial charge in [-0.05, 0) is 55.5 Å². The zero-order valence-corrected chi connectivity index (χ0v) is 12.1.